The lowest BCUT2D eigenvalue weighted by Gasteiger charge is -2.32. The van der Waals surface area contributed by atoms with Gasteiger partial charge in [0.25, 0.3) is 0 Å². The first-order valence-corrected chi connectivity index (χ1v) is 9.20. The number of piperidine rings is 1. The maximum absolute atomic E-state index is 12.6. The summed E-state index contributed by atoms with van der Waals surface area (Å²) < 4.78 is 5.13. The summed E-state index contributed by atoms with van der Waals surface area (Å²) in [5.41, 5.74) is 1.02. The van der Waals surface area contributed by atoms with Crippen LogP contribution in [0, 0.1) is 11.8 Å². The van der Waals surface area contributed by atoms with Gasteiger partial charge in [0, 0.05) is 26.1 Å². The van der Waals surface area contributed by atoms with Crippen LogP contribution in [-0.4, -0.2) is 66.5 Å². The predicted octanol–water partition coefficient (Wildman–Crippen LogP) is 1.66. The van der Waals surface area contributed by atoms with E-state index in [0.29, 0.717) is 25.8 Å². The molecule has 2 atom stereocenters. The van der Waals surface area contributed by atoms with E-state index in [-0.39, 0.29) is 30.8 Å². The van der Waals surface area contributed by atoms with Crippen LogP contribution < -0.4 is 4.74 Å². The molecule has 1 aliphatic heterocycles. The normalized spacial score (nSPS) is 17.9. The van der Waals surface area contributed by atoms with Gasteiger partial charge in [-0.05, 0) is 37.0 Å². The second-order valence-electron chi connectivity index (χ2n) is 7.16. The fourth-order valence-corrected chi connectivity index (χ4v) is 3.36. The largest absolute Gasteiger partial charge is 0.497 e. The highest BCUT2D eigenvalue weighted by Crippen LogP contribution is 2.18. The van der Waals surface area contributed by atoms with Crippen LogP contribution >= 0.6 is 0 Å². The molecule has 0 spiro atoms. The third kappa shape index (κ3) is 5.70. The number of aliphatic carboxylic acids is 1. The number of methoxy groups -OCH3 is 1. The minimum atomic E-state index is -0.870. The lowest BCUT2D eigenvalue weighted by Crippen LogP contribution is -2.47. The van der Waals surface area contributed by atoms with E-state index in [1.165, 1.54) is 4.90 Å². The van der Waals surface area contributed by atoms with Gasteiger partial charge in [-0.3, -0.25) is 14.4 Å². The lowest BCUT2D eigenvalue weighted by atomic mass is 9.98. The van der Waals surface area contributed by atoms with Gasteiger partial charge in [0.15, 0.2) is 0 Å². The number of nitrogens with zero attached hydrogens (tertiary/aromatic N) is 2. The van der Waals surface area contributed by atoms with E-state index in [1.807, 2.05) is 31.2 Å². The average Bonchev–Trinajstić information content (AvgIpc) is 2.67. The number of rotatable bonds is 7. The summed E-state index contributed by atoms with van der Waals surface area (Å²) >= 11 is 0. The van der Waals surface area contributed by atoms with E-state index < -0.39 is 11.9 Å². The van der Waals surface area contributed by atoms with Crippen LogP contribution in [0.5, 0.6) is 5.75 Å². The Hall–Kier alpha value is -2.57. The standard InChI is InChI=1S/C20H28N2O5/c1-14(11-15-6-8-17(27-3)9-7-15)19(24)21(2)13-18(23)22-10-4-5-16(12-22)20(25)26/h6-9,14,16H,4-5,10-13H2,1-3H3,(H,25,26). The minimum absolute atomic E-state index is 0.0296. The molecule has 0 radical (unpaired) electrons. The summed E-state index contributed by atoms with van der Waals surface area (Å²) in [5.74, 6) is -1.19. The van der Waals surface area contributed by atoms with Crippen molar-refractivity contribution in [3.05, 3.63) is 29.8 Å². The Kier molecular flexibility index (Phi) is 7.21. The summed E-state index contributed by atoms with van der Waals surface area (Å²) in [4.78, 5) is 39.2. The first-order chi connectivity index (χ1) is 12.8. The van der Waals surface area contributed by atoms with Gasteiger partial charge in [0.2, 0.25) is 11.8 Å². The van der Waals surface area contributed by atoms with Crippen molar-refractivity contribution in [1.29, 1.82) is 0 Å². The maximum atomic E-state index is 12.6. The van der Waals surface area contributed by atoms with Crippen molar-refractivity contribution < 1.29 is 24.2 Å². The summed E-state index contributed by atoms with van der Waals surface area (Å²) in [5, 5.41) is 9.14. The number of likely N-dealkylation sites (N-methyl/N-ethyl adjacent to an activating group) is 1. The van der Waals surface area contributed by atoms with Crippen LogP contribution in [0.25, 0.3) is 0 Å². The van der Waals surface area contributed by atoms with E-state index in [9.17, 15) is 14.4 Å². The van der Waals surface area contributed by atoms with Crippen LogP contribution in [0.2, 0.25) is 0 Å². The molecular formula is C20H28N2O5. The topological polar surface area (TPSA) is 87.2 Å². The predicted molar refractivity (Wildman–Crippen MR) is 100 cm³/mol. The zero-order valence-corrected chi connectivity index (χ0v) is 16.2. The lowest BCUT2D eigenvalue weighted by molar-refractivity contribution is -0.147. The molecule has 0 aromatic heterocycles. The van der Waals surface area contributed by atoms with Crippen LogP contribution in [0.3, 0.4) is 0 Å². The molecule has 2 amide bonds. The van der Waals surface area contributed by atoms with Crippen molar-refractivity contribution in [3.8, 4) is 5.75 Å². The number of carbonyl (C=O) groups excluding carboxylic acids is 2. The molecule has 148 valence electrons. The number of carboxylic acid groups (broad SMARTS) is 1. The average molecular weight is 376 g/mol. The summed E-state index contributed by atoms with van der Waals surface area (Å²) in [6.45, 7) is 2.58. The van der Waals surface area contributed by atoms with Crippen molar-refractivity contribution >= 4 is 17.8 Å². The fourth-order valence-electron chi connectivity index (χ4n) is 3.36. The van der Waals surface area contributed by atoms with E-state index in [0.717, 1.165) is 11.3 Å². The molecule has 1 heterocycles. The number of carboxylic acids is 1. The number of amides is 2. The highest BCUT2D eigenvalue weighted by atomic mass is 16.5. The second kappa shape index (κ2) is 9.39. The van der Waals surface area contributed by atoms with E-state index in [4.69, 9.17) is 9.84 Å². The fraction of sp³-hybridized carbons (Fsp3) is 0.550. The first-order valence-electron chi connectivity index (χ1n) is 9.20. The van der Waals surface area contributed by atoms with Crippen molar-refractivity contribution in [2.45, 2.75) is 26.2 Å². The molecule has 1 aromatic carbocycles. The van der Waals surface area contributed by atoms with Crippen LogP contribution in [0.15, 0.2) is 24.3 Å². The van der Waals surface area contributed by atoms with Gasteiger partial charge in [0.1, 0.15) is 5.75 Å². The SMILES string of the molecule is COc1ccc(CC(C)C(=O)N(C)CC(=O)N2CCCC(C(=O)O)C2)cc1. The van der Waals surface area contributed by atoms with Gasteiger partial charge < -0.3 is 19.6 Å². The van der Waals surface area contributed by atoms with Crippen molar-refractivity contribution in [3.63, 3.8) is 0 Å². The van der Waals surface area contributed by atoms with Crippen molar-refractivity contribution in [2.75, 3.05) is 33.8 Å². The minimum Gasteiger partial charge on any atom is -0.497 e. The Bertz CT molecular complexity index is 673. The molecule has 1 N–H and O–H groups in total. The highest BCUT2D eigenvalue weighted by molar-refractivity contribution is 5.86. The van der Waals surface area contributed by atoms with Gasteiger partial charge in [0.05, 0.1) is 19.6 Å². The smallest absolute Gasteiger partial charge is 0.308 e. The third-order valence-corrected chi connectivity index (χ3v) is 4.99. The van der Waals surface area contributed by atoms with Crippen LogP contribution in [0.1, 0.15) is 25.3 Å². The molecule has 27 heavy (non-hydrogen) atoms. The Morgan fingerprint density at radius 3 is 2.56 bits per heavy atom. The van der Waals surface area contributed by atoms with Crippen molar-refractivity contribution in [2.24, 2.45) is 11.8 Å². The summed E-state index contributed by atoms with van der Waals surface area (Å²) in [6.07, 6.45) is 1.84. The molecule has 1 fully saturated rings. The third-order valence-electron chi connectivity index (χ3n) is 4.99. The Morgan fingerprint density at radius 2 is 1.96 bits per heavy atom. The van der Waals surface area contributed by atoms with Gasteiger partial charge in [-0.1, -0.05) is 19.1 Å². The van der Waals surface area contributed by atoms with Gasteiger partial charge in [-0.25, -0.2) is 0 Å². The molecule has 1 saturated heterocycles. The molecule has 1 aliphatic rings. The molecule has 2 unspecified atom stereocenters. The number of likely N-dealkylation sites (tertiary alicyclic amines) is 1. The quantitative estimate of drug-likeness (QED) is 0.782. The van der Waals surface area contributed by atoms with Gasteiger partial charge in [-0.15, -0.1) is 0 Å². The first kappa shape index (κ1) is 20.7. The zero-order valence-electron chi connectivity index (χ0n) is 16.2. The maximum Gasteiger partial charge on any atom is 0.308 e. The molecular weight excluding hydrogens is 348 g/mol. The second-order valence-corrected chi connectivity index (χ2v) is 7.16. The molecule has 1 aromatic rings. The van der Waals surface area contributed by atoms with Crippen LogP contribution in [-0.2, 0) is 20.8 Å². The van der Waals surface area contributed by atoms with E-state index in [2.05, 4.69) is 0 Å². The van der Waals surface area contributed by atoms with Gasteiger partial charge in [-0.2, -0.15) is 0 Å². The number of hydrogen-bond donors (Lipinski definition) is 1. The Balaban J connectivity index is 1.87. The summed E-state index contributed by atoms with van der Waals surface area (Å²) in [7, 11) is 3.22. The van der Waals surface area contributed by atoms with Crippen LogP contribution in [0.4, 0.5) is 0 Å². The molecule has 0 saturated carbocycles. The molecule has 0 bridgehead atoms. The molecule has 2 rings (SSSR count). The summed E-state index contributed by atoms with van der Waals surface area (Å²) in [6, 6.07) is 7.56. The van der Waals surface area contributed by atoms with E-state index in [1.54, 1.807) is 19.1 Å². The highest BCUT2D eigenvalue weighted by Gasteiger charge is 2.29. The number of hydrogen-bond acceptors (Lipinski definition) is 4. The molecule has 7 heteroatoms. The number of ether oxygens (including phenoxy) is 1. The molecule has 7 nitrogen and oxygen atoms in total. The van der Waals surface area contributed by atoms with Gasteiger partial charge >= 0.3 is 5.97 Å². The monoisotopic (exact) mass is 376 g/mol. The molecule has 0 aliphatic carbocycles. The Morgan fingerprint density at radius 1 is 1.30 bits per heavy atom. The zero-order chi connectivity index (χ0) is 20.0. The van der Waals surface area contributed by atoms with E-state index >= 15 is 0 Å². The van der Waals surface area contributed by atoms with Crippen molar-refractivity contribution in [1.82, 2.24) is 9.80 Å². The number of carbonyl (C=O) groups is 3. The number of benzene rings is 1. The Labute approximate surface area is 159 Å².